The summed E-state index contributed by atoms with van der Waals surface area (Å²) in [6.45, 7) is 1.68. The van der Waals surface area contributed by atoms with Gasteiger partial charge in [-0.3, -0.25) is 0 Å². The molecule has 1 atom stereocenters. The van der Waals surface area contributed by atoms with Gasteiger partial charge in [0, 0.05) is 22.3 Å². The summed E-state index contributed by atoms with van der Waals surface area (Å²) in [6, 6.07) is 9.26. The number of rotatable bonds is 4. The maximum Gasteiger partial charge on any atom is 0.205 e. The number of benzene rings is 2. The maximum atomic E-state index is 13.9. The molecule has 148 valence electrons. The topological polar surface area (TPSA) is 81.5 Å². The zero-order valence-corrected chi connectivity index (χ0v) is 16.6. The van der Waals surface area contributed by atoms with Crippen LogP contribution in [0.3, 0.4) is 0 Å². The second kappa shape index (κ2) is 7.46. The Morgan fingerprint density at radius 2 is 1.90 bits per heavy atom. The SMILES string of the molecule is C[C@@H](Oc1c(N)ncc2c(-c3ccc(O)cc3)coc12)c1c(Cl)ccc(F)c1Cl. The van der Waals surface area contributed by atoms with Crippen molar-refractivity contribution in [1.29, 1.82) is 0 Å². The summed E-state index contributed by atoms with van der Waals surface area (Å²) in [6.07, 6.45) is 2.41. The number of phenolic OH excluding ortho intramolecular Hbond substituents is 1. The zero-order valence-electron chi connectivity index (χ0n) is 15.1. The molecule has 2 aromatic carbocycles. The molecule has 4 aromatic rings. The van der Waals surface area contributed by atoms with Crippen molar-refractivity contribution >= 4 is 40.0 Å². The predicted octanol–water partition coefficient (Wildman–Crippen LogP) is 6.37. The summed E-state index contributed by atoms with van der Waals surface area (Å²) < 4.78 is 25.6. The van der Waals surface area contributed by atoms with Gasteiger partial charge in [-0.05, 0) is 36.8 Å². The molecule has 0 bridgehead atoms. The summed E-state index contributed by atoms with van der Waals surface area (Å²) >= 11 is 12.3. The first-order valence-corrected chi connectivity index (χ1v) is 9.37. The van der Waals surface area contributed by atoms with E-state index in [9.17, 15) is 9.50 Å². The fourth-order valence-corrected chi connectivity index (χ4v) is 3.79. The van der Waals surface area contributed by atoms with Gasteiger partial charge >= 0.3 is 0 Å². The number of aromatic nitrogens is 1. The fourth-order valence-electron chi connectivity index (χ4n) is 3.11. The lowest BCUT2D eigenvalue weighted by Gasteiger charge is -2.18. The number of anilines is 1. The molecule has 0 spiro atoms. The molecule has 0 saturated carbocycles. The van der Waals surface area contributed by atoms with Gasteiger partial charge < -0.3 is 20.0 Å². The van der Waals surface area contributed by atoms with Crippen LogP contribution in [0.4, 0.5) is 10.2 Å². The van der Waals surface area contributed by atoms with Crippen molar-refractivity contribution in [2.45, 2.75) is 13.0 Å². The van der Waals surface area contributed by atoms with E-state index in [0.717, 1.165) is 11.1 Å². The number of hydrogen-bond donors (Lipinski definition) is 2. The summed E-state index contributed by atoms with van der Waals surface area (Å²) in [7, 11) is 0. The smallest absolute Gasteiger partial charge is 0.205 e. The number of nitrogen functional groups attached to an aromatic ring is 1. The molecule has 0 fully saturated rings. The average Bonchev–Trinajstić information content (AvgIpc) is 3.12. The van der Waals surface area contributed by atoms with Crippen LogP contribution in [0.5, 0.6) is 11.5 Å². The Hall–Kier alpha value is -2.96. The number of fused-ring (bicyclic) bond motifs is 1. The Balaban J connectivity index is 1.78. The molecule has 0 aliphatic heterocycles. The molecule has 0 aliphatic carbocycles. The molecule has 0 unspecified atom stereocenters. The van der Waals surface area contributed by atoms with E-state index in [1.807, 2.05) is 0 Å². The lowest BCUT2D eigenvalue weighted by atomic mass is 10.1. The van der Waals surface area contributed by atoms with Crippen molar-refractivity contribution < 1.29 is 18.7 Å². The van der Waals surface area contributed by atoms with Crippen LogP contribution in [0.25, 0.3) is 22.1 Å². The van der Waals surface area contributed by atoms with Crippen LogP contribution in [-0.4, -0.2) is 10.1 Å². The zero-order chi connectivity index (χ0) is 20.7. The van der Waals surface area contributed by atoms with E-state index in [1.54, 1.807) is 43.6 Å². The first kappa shape index (κ1) is 19.4. The lowest BCUT2D eigenvalue weighted by Crippen LogP contribution is -2.08. The van der Waals surface area contributed by atoms with E-state index in [4.69, 9.17) is 38.1 Å². The van der Waals surface area contributed by atoms with Crippen molar-refractivity contribution in [2.24, 2.45) is 0 Å². The van der Waals surface area contributed by atoms with Crippen LogP contribution < -0.4 is 10.5 Å². The molecule has 2 aromatic heterocycles. The monoisotopic (exact) mass is 432 g/mol. The Morgan fingerprint density at radius 1 is 1.17 bits per heavy atom. The van der Waals surface area contributed by atoms with Crippen LogP contribution in [0.15, 0.2) is 53.3 Å². The summed E-state index contributed by atoms with van der Waals surface area (Å²) in [5, 5.41) is 10.3. The third-order valence-electron chi connectivity index (χ3n) is 4.56. The van der Waals surface area contributed by atoms with Crippen LogP contribution in [0.2, 0.25) is 10.0 Å². The van der Waals surface area contributed by atoms with E-state index in [2.05, 4.69) is 4.98 Å². The van der Waals surface area contributed by atoms with Crippen LogP contribution in [0, 0.1) is 5.82 Å². The van der Waals surface area contributed by atoms with E-state index in [-0.39, 0.29) is 27.4 Å². The number of nitrogens with two attached hydrogens (primary N) is 1. The van der Waals surface area contributed by atoms with Crippen LogP contribution in [-0.2, 0) is 0 Å². The van der Waals surface area contributed by atoms with Gasteiger partial charge in [0.05, 0.1) is 16.7 Å². The minimum absolute atomic E-state index is 0.111. The van der Waals surface area contributed by atoms with Gasteiger partial charge in [-0.25, -0.2) is 9.37 Å². The molecular formula is C21H15Cl2FN2O3. The molecule has 4 rings (SSSR count). The summed E-state index contributed by atoms with van der Waals surface area (Å²) in [5.74, 6) is -0.125. The minimum Gasteiger partial charge on any atom is -0.508 e. The average molecular weight is 433 g/mol. The van der Waals surface area contributed by atoms with Crippen molar-refractivity contribution in [3.8, 4) is 22.6 Å². The van der Waals surface area contributed by atoms with Crippen LogP contribution in [0.1, 0.15) is 18.6 Å². The van der Waals surface area contributed by atoms with E-state index in [0.29, 0.717) is 16.5 Å². The first-order chi connectivity index (χ1) is 13.9. The Bertz CT molecular complexity index is 1210. The fraction of sp³-hybridized carbons (Fsp3) is 0.0952. The highest BCUT2D eigenvalue weighted by Gasteiger charge is 2.23. The van der Waals surface area contributed by atoms with E-state index < -0.39 is 11.9 Å². The van der Waals surface area contributed by atoms with Gasteiger partial charge in [0.25, 0.3) is 0 Å². The summed E-state index contributed by atoms with van der Waals surface area (Å²) in [4.78, 5) is 4.20. The van der Waals surface area contributed by atoms with Gasteiger partial charge in [-0.15, -0.1) is 0 Å². The molecule has 0 radical (unpaired) electrons. The van der Waals surface area contributed by atoms with Gasteiger partial charge in [-0.2, -0.15) is 0 Å². The predicted molar refractivity (Wildman–Crippen MR) is 111 cm³/mol. The number of nitrogens with zero attached hydrogens (tertiary/aromatic N) is 1. The Morgan fingerprint density at radius 3 is 2.62 bits per heavy atom. The molecule has 2 heterocycles. The van der Waals surface area contributed by atoms with E-state index >= 15 is 0 Å². The van der Waals surface area contributed by atoms with Crippen LogP contribution >= 0.6 is 23.2 Å². The van der Waals surface area contributed by atoms with Crippen molar-refractivity contribution in [3.63, 3.8) is 0 Å². The van der Waals surface area contributed by atoms with E-state index in [1.165, 1.54) is 12.1 Å². The third kappa shape index (κ3) is 3.45. The highest BCUT2D eigenvalue weighted by Crippen LogP contribution is 2.41. The minimum atomic E-state index is -0.720. The highest BCUT2D eigenvalue weighted by atomic mass is 35.5. The number of phenols is 1. The van der Waals surface area contributed by atoms with Crippen molar-refractivity contribution in [2.75, 3.05) is 5.73 Å². The molecule has 0 aliphatic rings. The first-order valence-electron chi connectivity index (χ1n) is 8.62. The molecule has 29 heavy (non-hydrogen) atoms. The van der Waals surface area contributed by atoms with Gasteiger partial charge in [0.1, 0.15) is 17.7 Å². The van der Waals surface area contributed by atoms with Crippen molar-refractivity contribution in [3.05, 3.63) is 70.3 Å². The Labute approximate surface area is 175 Å². The maximum absolute atomic E-state index is 13.9. The molecule has 5 nitrogen and oxygen atoms in total. The molecular weight excluding hydrogens is 418 g/mol. The molecule has 3 N–H and O–H groups in total. The number of hydrogen-bond acceptors (Lipinski definition) is 5. The molecule has 0 saturated heterocycles. The largest absolute Gasteiger partial charge is 0.508 e. The highest BCUT2D eigenvalue weighted by molar-refractivity contribution is 6.36. The normalized spacial score (nSPS) is 12.3. The number of furan rings is 1. The second-order valence-corrected chi connectivity index (χ2v) is 7.21. The molecule has 8 heteroatoms. The van der Waals surface area contributed by atoms with Crippen molar-refractivity contribution in [1.82, 2.24) is 4.98 Å². The number of ether oxygens (including phenoxy) is 1. The third-order valence-corrected chi connectivity index (χ3v) is 5.27. The van der Waals surface area contributed by atoms with Gasteiger partial charge in [-0.1, -0.05) is 35.3 Å². The lowest BCUT2D eigenvalue weighted by molar-refractivity contribution is 0.227. The Kier molecular flexibility index (Phi) is 4.98. The quantitative estimate of drug-likeness (QED) is 0.366. The van der Waals surface area contributed by atoms with Gasteiger partial charge in [0.15, 0.2) is 11.4 Å². The van der Waals surface area contributed by atoms with Gasteiger partial charge in [0.2, 0.25) is 5.75 Å². The number of pyridine rings is 1. The standard InChI is InChI=1S/C21H15Cl2FN2O3/c1-10(17-15(22)6-7-16(24)18(17)23)29-20-19-13(8-26-21(20)25)14(9-28-19)11-2-4-12(27)5-3-11/h2-10,27H,1H3,(H2,25,26)/t10-/m1/s1. The number of halogens is 3. The molecule has 0 amide bonds. The summed E-state index contributed by atoms with van der Waals surface area (Å²) in [5.41, 5.74) is 8.28. The number of aromatic hydroxyl groups is 1. The second-order valence-electron chi connectivity index (χ2n) is 6.43.